The molecule has 0 aromatic carbocycles. The highest BCUT2D eigenvalue weighted by Gasteiger charge is 2.25. The van der Waals surface area contributed by atoms with Crippen LogP contribution in [0.15, 0.2) is 0 Å². The van der Waals surface area contributed by atoms with Gasteiger partial charge in [-0.2, -0.15) is 0 Å². The molecule has 14 heavy (non-hydrogen) atoms. The van der Waals surface area contributed by atoms with E-state index in [4.69, 9.17) is 5.11 Å². The van der Waals surface area contributed by atoms with E-state index in [9.17, 15) is 4.79 Å². The van der Waals surface area contributed by atoms with E-state index in [1.54, 1.807) is 0 Å². The van der Waals surface area contributed by atoms with E-state index in [1.165, 1.54) is 12.8 Å². The summed E-state index contributed by atoms with van der Waals surface area (Å²) in [4.78, 5) is 11.2. The normalized spacial score (nSPS) is 19.3. The van der Waals surface area contributed by atoms with E-state index in [1.807, 2.05) is 6.92 Å². The van der Waals surface area contributed by atoms with Crippen LogP contribution in [0.25, 0.3) is 0 Å². The summed E-state index contributed by atoms with van der Waals surface area (Å²) in [7, 11) is 0. The van der Waals surface area contributed by atoms with Crippen molar-refractivity contribution in [3.63, 3.8) is 0 Å². The monoisotopic (exact) mass is 200 g/mol. The molecular weight excluding hydrogens is 180 g/mol. The first-order chi connectivity index (χ1) is 6.77. The van der Waals surface area contributed by atoms with Crippen LogP contribution in [0.5, 0.6) is 0 Å². The van der Waals surface area contributed by atoms with Gasteiger partial charge in [-0.25, -0.2) is 4.79 Å². The molecule has 0 radical (unpaired) electrons. The van der Waals surface area contributed by atoms with Gasteiger partial charge < -0.3 is 15.7 Å². The van der Waals surface area contributed by atoms with Crippen LogP contribution in [-0.2, 0) is 0 Å². The van der Waals surface area contributed by atoms with Crippen LogP contribution in [0.3, 0.4) is 0 Å². The van der Waals surface area contributed by atoms with E-state index in [2.05, 4.69) is 10.6 Å². The Bertz CT molecular complexity index is 179. The molecule has 1 aliphatic rings. The maximum atomic E-state index is 11.2. The van der Waals surface area contributed by atoms with Gasteiger partial charge in [-0.1, -0.05) is 12.8 Å². The lowest BCUT2D eigenvalue weighted by Crippen LogP contribution is -2.46. The van der Waals surface area contributed by atoms with Crippen molar-refractivity contribution < 1.29 is 9.90 Å². The number of amides is 2. The Morgan fingerprint density at radius 2 is 2.14 bits per heavy atom. The molecule has 1 atom stereocenters. The van der Waals surface area contributed by atoms with Gasteiger partial charge in [-0.3, -0.25) is 0 Å². The van der Waals surface area contributed by atoms with Gasteiger partial charge >= 0.3 is 6.03 Å². The third-order valence-corrected chi connectivity index (χ3v) is 2.82. The molecular formula is C10H20N2O2. The highest BCUT2D eigenvalue weighted by molar-refractivity contribution is 5.74. The van der Waals surface area contributed by atoms with Crippen LogP contribution in [0.2, 0.25) is 0 Å². The minimum atomic E-state index is -0.168. The predicted octanol–water partition coefficient (Wildman–Crippen LogP) is 0.857. The van der Waals surface area contributed by atoms with Gasteiger partial charge in [-0.15, -0.1) is 0 Å². The Morgan fingerprint density at radius 1 is 1.50 bits per heavy atom. The van der Waals surface area contributed by atoms with Crippen LogP contribution < -0.4 is 10.6 Å². The maximum Gasteiger partial charge on any atom is 0.315 e. The number of carbonyl (C=O) groups excluding carboxylic acids is 1. The lowest BCUT2D eigenvalue weighted by molar-refractivity contribution is 0.190. The first-order valence-electron chi connectivity index (χ1n) is 5.43. The first kappa shape index (κ1) is 11.3. The first-order valence-corrected chi connectivity index (χ1v) is 5.43. The summed E-state index contributed by atoms with van der Waals surface area (Å²) in [5, 5.41) is 14.6. The van der Waals surface area contributed by atoms with Crippen LogP contribution in [0, 0.1) is 5.92 Å². The summed E-state index contributed by atoms with van der Waals surface area (Å²) in [5.74, 6) is 0.461. The SMILES string of the molecule is CCNC(=O)NC(CO)C1CCCC1. The van der Waals surface area contributed by atoms with Gasteiger partial charge in [0.1, 0.15) is 0 Å². The Balaban J connectivity index is 2.33. The van der Waals surface area contributed by atoms with Gasteiger partial charge in [0.25, 0.3) is 0 Å². The summed E-state index contributed by atoms with van der Waals surface area (Å²) >= 11 is 0. The van der Waals surface area contributed by atoms with Crippen molar-refractivity contribution in [1.29, 1.82) is 0 Å². The van der Waals surface area contributed by atoms with Gasteiger partial charge in [0.15, 0.2) is 0 Å². The van der Waals surface area contributed by atoms with Crippen molar-refractivity contribution in [3.8, 4) is 0 Å². The number of aliphatic hydroxyl groups excluding tert-OH is 1. The number of rotatable bonds is 4. The van der Waals surface area contributed by atoms with Crippen LogP contribution in [0.1, 0.15) is 32.6 Å². The molecule has 4 heteroatoms. The molecule has 0 aliphatic heterocycles. The summed E-state index contributed by atoms with van der Waals surface area (Å²) in [6.45, 7) is 2.54. The average Bonchev–Trinajstić information content (AvgIpc) is 2.67. The van der Waals surface area contributed by atoms with E-state index in [0.29, 0.717) is 12.5 Å². The van der Waals surface area contributed by atoms with Gasteiger partial charge in [0.05, 0.1) is 12.6 Å². The van der Waals surface area contributed by atoms with Gasteiger partial charge in [-0.05, 0) is 25.7 Å². The second-order valence-corrected chi connectivity index (χ2v) is 3.84. The molecule has 1 aliphatic carbocycles. The van der Waals surface area contributed by atoms with Crippen LogP contribution >= 0.6 is 0 Å². The molecule has 0 aromatic heterocycles. The molecule has 1 fully saturated rings. The molecule has 0 bridgehead atoms. The number of hydrogen-bond donors (Lipinski definition) is 3. The summed E-state index contributed by atoms with van der Waals surface area (Å²) in [5.41, 5.74) is 0. The maximum absolute atomic E-state index is 11.2. The smallest absolute Gasteiger partial charge is 0.315 e. The third kappa shape index (κ3) is 3.18. The second-order valence-electron chi connectivity index (χ2n) is 3.84. The molecule has 1 saturated carbocycles. The largest absolute Gasteiger partial charge is 0.394 e. The van der Waals surface area contributed by atoms with Crippen LogP contribution in [0.4, 0.5) is 4.79 Å². The molecule has 2 amide bonds. The molecule has 0 aromatic rings. The summed E-state index contributed by atoms with van der Waals surface area (Å²) in [6.07, 6.45) is 4.69. The summed E-state index contributed by atoms with van der Waals surface area (Å²) < 4.78 is 0. The lowest BCUT2D eigenvalue weighted by atomic mass is 9.99. The zero-order valence-electron chi connectivity index (χ0n) is 8.75. The lowest BCUT2D eigenvalue weighted by Gasteiger charge is -2.22. The Kier molecular flexibility index (Phi) is 4.73. The minimum absolute atomic E-state index is 0.0435. The van der Waals surface area contributed by atoms with Crippen molar-refractivity contribution in [1.82, 2.24) is 10.6 Å². The molecule has 82 valence electrons. The topological polar surface area (TPSA) is 61.4 Å². The van der Waals surface area contributed by atoms with Crippen molar-refractivity contribution >= 4 is 6.03 Å². The van der Waals surface area contributed by atoms with E-state index in [-0.39, 0.29) is 18.7 Å². The Hall–Kier alpha value is -0.770. The number of aliphatic hydroxyl groups is 1. The second kappa shape index (κ2) is 5.86. The van der Waals surface area contributed by atoms with Crippen molar-refractivity contribution in [3.05, 3.63) is 0 Å². The number of carbonyl (C=O) groups is 1. The molecule has 0 heterocycles. The quantitative estimate of drug-likeness (QED) is 0.630. The highest BCUT2D eigenvalue weighted by atomic mass is 16.3. The molecule has 0 spiro atoms. The number of urea groups is 1. The fourth-order valence-electron chi connectivity index (χ4n) is 2.05. The molecule has 3 N–H and O–H groups in total. The zero-order valence-corrected chi connectivity index (χ0v) is 8.75. The average molecular weight is 200 g/mol. The summed E-state index contributed by atoms with van der Waals surface area (Å²) in [6, 6.07) is -0.234. The number of nitrogens with one attached hydrogen (secondary N) is 2. The van der Waals surface area contributed by atoms with E-state index in [0.717, 1.165) is 12.8 Å². The van der Waals surface area contributed by atoms with Crippen molar-refractivity contribution in [2.24, 2.45) is 5.92 Å². The Labute approximate surface area is 85.1 Å². The standard InChI is InChI=1S/C10H20N2O2/c1-2-11-10(14)12-9(7-13)8-5-3-4-6-8/h8-9,13H,2-7H2,1H3,(H2,11,12,14). The molecule has 1 rings (SSSR count). The molecule has 0 saturated heterocycles. The van der Waals surface area contributed by atoms with Crippen LogP contribution in [-0.4, -0.2) is 30.3 Å². The minimum Gasteiger partial charge on any atom is -0.394 e. The van der Waals surface area contributed by atoms with Crippen molar-refractivity contribution in [2.75, 3.05) is 13.2 Å². The number of hydrogen-bond acceptors (Lipinski definition) is 2. The van der Waals surface area contributed by atoms with Gasteiger partial charge in [0, 0.05) is 6.54 Å². The Morgan fingerprint density at radius 3 is 2.64 bits per heavy atom. The zero-order chi connectivity index (χ0) is 10.4. The predicted molar refractivity (Wildman–Crippen MR) is 55.0 cm³/mol. The third-order valence-electron chi connectivity index (χ3n) is 2.82. The fourth-order valence-corrected chi connectivity index (χ4v) is 2.05. The van der Waals surface area contributed by atoms with Gasteiger partial charge in [0.2, 0.25) is 0 Å². The fraction of sp³-hybridized carbons (Fsp3) is 0.900. The molecule has 4 nitrogen and oxygen atoms in total. The highest BCUT2D eigenvalue weighted by Crippen LogP contribution is 2.27. The van der Waals surface area contributed by atoms with Crippen molar-refractivity contribution in [2.45, 2.75) is 38.6 Å². The molecule has 1 unspecified atom stereocenters. The van der Waals surface area contributed by atoms with E-state index < -0.39 is 0 Å². The van der Waals surface area contributed by atoms with E-state index >= 15 is 0 Å².